The standard InChI is InChI=1S/C15H16N2O/c1-17(2)14-8-5-6-12(10-14)15(18)11-13-7-3-4-9-16-13/h3-10H,11H2,1-2H3. The fraction of sp³-hybridized carbons (Fsp3) is 0.200. The molecule has 0 spiro atoms. The molecular weight excluding hydrogens is 224 g/mol. The predicted molar refractivity (Wildman–Crippen MR) is 73.0 cm³/mol. The van der Waals surface area contributed by atoms with Gasteiger partial charge in [-0.2, -0.15) is 0 Å². The van der Waals surface area contributed by atoms with Crippen LogP contribution in [0.4, 0.5) is 5.69 Å². The van der Waals surface area contributed by atoms with Crippen molar-refractivity contribution in [1.82, 2.24) is 4.98 Å². The van der Waals surface area contributed by atoms with E-state index in [-0.39, 0.29) is 5.78 Å². The number of hydrogen-bond donors (Lipinski definition) is 0. The Kier molecular flexibility index (Phi) is 3.72. The molecule has 1 heterocycles. The summed E-state index contributed by atoms with van der Waals surface area (Å²) in [5.41, 5.74) is 2.56. The number of benzene rings is 1. The molecule has 0 aliphatic rings. The van der Waals surface area contributed by atoms with Gasteiger partial charge in [0, 0.05) is 37.2 Å². The lowest BCUT2D eigenvalue weighted by Crippen LogP contribution is -2.10. The van der Waals surface area contributed by atoms with E-state index in [1.165, 1.54) is 0 Å². The maximum Gasteiger partial charge on any atom is 0.168 e. The molecule has 2 aromatic rings. The van der Waals surface area contributed by atoms with Crippen molar-refractivity contribution < 1.29 is 4.79 Å². The maximum absolute atomic E-state index is 12.1. The van der Waals surface area contributed by atoms with Gasteiger partial charge in [-0.1, -0.05) is 18.2 Å². The zero-order valence-electron chi connectivity index (χ0n) is 10.6. The number of nitrogens with zero attached hydrogens (tertiary/aromatic N) is 2. The van der Waals surface area contributed by atoms with Gasteiger partial charge in [0.05, 0.1) is 6.42 Å². The quantitative estimate of drug-likeness (QED) is 0.770. The fourth-order valence-electron chi connectivity index (χ4n) is 1.73. The van der Waals surface area contributed by atoms with Gasteiger partial charge in [0.25, 0.3) is 0 Å². The largest absolute Gasteiger partial charge is 0.378 e. The highest BCUT2D eigenvalue weighted by Crippen LogP contribution is 2.15. The molecule has 0 saturated heterocycles. The van der Waals surface area contributed by atoms with Gasteiger partial charge in [0.15, 0.2) is 5.78 Å². The molecule has 92 valence electrons. The summed E-state index contributed by atoms with van der Waals surface area (Å²) in [5, 5.41) is 0. The monoisotopic (exact) mass is 240 g/mol. The molecule has 3 nitrogen and oxygen atoms in total. The first-order chi connectivity index (χ1) is 8.66. The van der Waals surface area contributed by atoms with E-state index in [4.69, 9.17) is 0 Å². The number of carbonyl (C=O) groups is 1. The summed E-state index contributed by atoms with van der Waals surface area (Å²) in [4.78, 5) is 18.3. The molecule has 1 aromatic carbocycles. The first-order valence-corrected chi connectivity index (χ1v) is 5.87. The van der Waals surface area contributed by atoms with Crippen LogP contribution in [0.1, 0.15) is 16.1 Å². The molecule has 0 atom stereocenters. The van der Waals surface area contributed by atoms with Crippen molar-refractivity contribution in [2.75, 3.05) is 19.0 Å². The molecule has 3 heteroatoms. The molecule has 1 aromatic heterocycles. The topological polar surface area (TPSA) is 33.2 Å². The molecule has 18 heavy (non-hydrogen) atoms. The van der Waals surface area contributed by atoms with Crippen molar-refractivity contribution in [3.05, 3.63) is 59.9 Å². The van der Waals surface area contributed by atoms with Crippen LogP contribution in [0.2, 0.25) is 0 Å². The smallest absolute Gasteiger partial charge is 0.168 e. The molecule has 2 rings (SSSR count). The molecule has 0 bridgehead atoms. The van der Waals surface area contributed by atoms with Crippen LogP contribution < -0.4 is 4.90 Å². The summed E-state index contributed by atoms with van der Waals surface area (Å²) in [6.07, 6.45) is 2.05. The second-order valence-electron chi connectivity index (χ2n) is 4.37. The number of anilines is 1. The third-order valence-electron chi connectivity index (χ3n) is 2.75. The lowest BCUT2D eigenvalue weighted by molar-refractivity contribution is 0.0992. The van der Waals surface area contributed by atoms with Crippen LogP contribution in [0.25, 0.3) is 0 Å². The predicted octanol–water partition coefficient (Wildman–Crippen LogP) is 2.57. The highest BCUT2D eigenvalue weighted by atomic mass is 16.1. The van der Waals surface area contributed by atoms with Gasteiger partial charge in [0.1, 0.15) is 0 Å². The number of hydrogen-bond acceptors (Lipinski definition) is 3. The van der Waals surface area contributed by atoms with Crippen LogP contribution in [0.15, 0.2) is 48.7 Å². The summed E-state index contributed by atoms with van der Waals surface area (Å²) in [7, 11) is 3.92. The first-order valence-electron chi connectivity index (χ1n) is 5.87. The fourth-order valence-corrected chi connectivity index (χ4v) is 1.73. The molecule has 0 aliphatic heterocycles. The third-order valence-corrected chi connectivity index (χ3v) is 2.75. The molecule has 0 N–H and O–H groups in total. The van der Waals surface area contributed by atoms with Gasteiger partial charge < -0.3 is 4.90 Å². The zero-order valence-corrected chi connectivity index (χ0v) is 10.6. The summed E-state index contributed by atoms with van der Waals surface area (Å²) in [5.74, 6) is 0.0948. The molecule has 0 amide bonds. The Morgan fingerprint density at radius 1 is 1.17 bits per heavy atom. The van der Waals surface area contributed by atoms with Crippen LogP contribution in [0, 0.1) is 0 Å². The Labute approximate surface area is 107 Å². The van der Waals surface area contributed by atoms with Crippen molar-refractivity contribution in [2.45, 2.75) is 6.42 Å². The summed E-state index contributed by atoms with van der Waals surface area (Å²) in [6, 6.07) is 13.3. The summed E-state index contributed by atoms with van der Waals surface area (Å²) in [6.45, 7) is 0. The number of carbonyl (C=O) groups excluding carboxylic acids is 1. The minimum absolute atomic E-state index is 0.0948. The molecular formula is C15H16N2O. The maximum atomic E-state index is 12.1. The van der Waals surface area contributed by atoms with Crippen LogP contribution in [0.3, 0.4) is 0 Å². The minimum atomic E-state index is 0.0948. The van der Waals surface area contributed by atoms with Crippen molar-refractivity contribution in [3.8, 4) is 0 Å². The third kappa shape index (κ3) is 2.94. The molecule has 0 saturated carbocycles. The number of pyridine rings is 1. The van der Waals surface area contributed by atoms with E-state index in [1.54, 1.807) is 6.20 Å². The van der Waals surface area contributed by atoms with Crippen molar-refractivity contribution in [1.29, 1.82) is 0 Å². The highest BCUT2D eigenvalue weighted by molar-refractivity contribution is 5.98. The molecule has 0 radical (unpaired) electrons. The van der Waals surface area contributed by atoms with Gasteiger partial charge in [-0.05, 0) is 24.3 Å². The SMILES string of the molecule is CN(C)c1cccc(C(=O)Cc2ccccn2)c1. The van der Waals surface area contributed by atoms with Gasteiger partial charge in [-0.25, -0.2) is 0 Å². The van der Waals surface area contributed by atoms with Gasteiger partial charge in [0.2, 0.25) is 0 Å². The first kappa shape index (κ1) is 12.3. The average molecular weight is 240 g/mol. The Morgan fingerprint density at radius 2 is 2.00 bits per heavy atom. The highest BCUT2D eigenvalue weighted by Gasteiger charge is 2.08. The molecule has 0 aliphatic carbocycles. The molecule has 0 fully saturated rings. The minimum Gasteiger partial charge on any atom is -0.378 e. The van der Waals surface area contributed by atoms with E-state index in [9.17, 15) is 4.79 Å². The van der Waals surface area contributed by atoms with E-state index in [2.05, 4.69) is 4.98 Å². The lowest BCUT2D eigenvalue weighted by atomic mass is 10.1. The number of rotatable bonds is 4. The van der Waals surface area contributed by atoms with Crippen LogP contribution in [0.5, 0.6) is 0 Å². The second-order valence-corrected chi connectivity index (χ2v) is 4.37. The Hall–Kier alpha value is -2.16. The molecule has 0 unspecified atom stereocenters. The Bertz CT molecular complexity index is 535. The van der Waals surface area contributed by atoms with Crippen molar-refractivity contribution in [3.63, 3.8) is 0 Å². The summed E-state index contributed by atoms with van der Waals surface area (Å²) < 4.78 is 0. The van der Waals surface area contributed by atoms with E-state index in [0.717, 1.165) is 16.9 Å². The lowest BCUT2D eigenvalue weighted by Gasteiger charge is -2.13. The zero-order chi connectivity index (χ0) is 13.0. The number of aromatic nitrogens is 1. The van der Waals surface area contributed by atoms with E-state index in [1.807, 2.05) is 61.5 Å². The number of Topliss-reactive ketones (excluding diaryl/α,β-unsaturated/α-hetero) is 1. The Balaban J connectivity index is 2.16. The van der Waals surface area contributed by atoms with Gasteiger partial charge >= 0.3 is 0 Å². The van der Waals surface area contributed by atoms with Crippen LogP contribution >= 0.6 is 0 Å². The van der Waals surface area contributed by atoms with Gasteiger partial charge in [-0.15, -0.1) is 0 Å². The normalized spacial score (nSPS) is 10.1. The van der Waals surface area contributed by atoms with E-state index in [0.29, 0.717) is 6.42 Å². The van der Waals surface area contributed by atoms with E-state index < -0.39 is 0 Å². The van der Waals surface area contributed by atoms with Crippen molar-refractivity contribution >= 4 is 11.5 Å². The van der Waals surface area contributed by atoms with Gasteiger partial charge in [-0.3, -0.25) is 9.78 Å². The van der Waals surface area contributed by atoms with Crippen LogP contribution in [-0.2, 0) is 6.42 Å². The van der Waals surface area contributed by atoms with Crippen molar-refractivity contribution in [2.24, 2.45) is 0 Å². The summed E-state index contributed by atoms with van der Waals surface area (Å²) >= 11 is 0. The average Bonchev–Trinajstić information content (AvgIpc) is 2.40. The second kappa shape index (κ2) is 5.45. The van der Waals surface area contributed by atoms with E-state index >= 15 is 0 Å². The van der Waals surface area contributed by atoms with Crippen LogP contribution in [-0.4, -0.2) is 24.9 Å². The Morgan fingerprint density at radius 3 is 2.67 bits per heavy atom. The number of ketones is 1.